The Labute approximate surface area is 198 Å². The van der Waals surface area contributed by atoms with Gasteiger partial charge in [-0.05, 0) is 29.2 Å². The molecule has 0 aliphatic rings. The highest BCUT2D eigenvalue weighted by atomic mass is 16.6. The van der Waals surface area contributed by atoms with Crippen LogP contribution in [0.25, 0.3) is 0 Å². The van der Waals surface area contributed by atoms with E-state index in [1.165, 1.54) is 6.92 Å². The summed E-state index contributed by atoms with van der Waals surface area (Å²) in [7, 11) is 1.60. The Balaban J connectivity index is 1.72. The number of ether oxygens (including phenoxy) is 3. The van der Waals surface area contributed by atoms with Crippen molar-refractivity contribution in [2.24, 2.45) is 5.92 Å². The largest absolute Gasteiger partial charge is 0.497 e. The van der Waals surface area contributed by atoms with Gasteiger partial charge in [0.2, 0.25) is 11.7 Å². The van der Waals surface area contributed by atoms with Gasteiger partial charge >= 0.3 is 12.1 Å². The zero-order valence-electron chi connectivity index (χ0n) is 19.7. The first-order valence-corrected chi connectivity index (χ1v) is 11.0. The van der Waals surface area contributed by atoms with Gasteiger partial charge in [-0.3, -0.25) is 4.79 Å². The fraction of sp³-hybridized carbons (Fsp3) is 0.360. The number of nitrogens with one attached hydrogen (secondary N) is 1. The number of hydrogen-bond acceptors (Lipinski definition) is 8. The first-order valence-electron chi connectivity index (χ1n) is 11.0. The normalized spacial score (nSPS) is 12.6. The van der Waals surface area contributed by atoms with Crippen LogP contribution >= 0.6 is 0 Å². The Kier molecular flexibility index (Phi) is 8.61. The van der Waals surface area contributed by atoms with Crippen molar-refractivity contribution in [3.05, 3.63) is 77.4 Å². The molecule has 1 heterocycles. The number of aromatic nitrogens is 2. The summed E-state index contributed by atoms with van der Waals surface area (Å²) in [5.74, 6) is 0.607. The van der Waals surface area contributed by atoms with E-state index in [1.807, 2.05) is 68.4 Å². The minimum absolute atomic E-state index is 0.115. The molecule has 1 N–H and O–H groups in total. The van der Waals surface area contributed by atoms with E-state index in [0.29, 0.717) is 12.3 Å². The molecule has 0 radical (unpaired) electrons. The van der Waals surface area contributed by atoms with Gasteiger partial charge in [0.05, 0.1) is 19.6 Å². The molecule has 0 spiro atoms. The van der Waals surface area contributed by atoms with E-state index in [2.05, 4.69) is 15.5 Å². The van der Waals surface area contributed by atoms with Crippen molar-refractivity contribution in [2.45, 2.75) is 45.9 Å². The number of benzene rings is 2. The highest BCUT2D eigenvalue weighted by Gasteiger charge is 2.34. The highest BCUT2D eigenvalue weighted by Crippen LogP contribution is 2.25. The zero-order valence-corrected chi connectivity index (χ0v) is 19.7. The molecule has 1 aromatic heterocycles. The van der Waals surface area contributed by atoms with Gasteiger partial charge in [0.1, 0.15) is 12.4 Å². The van der Waals surface area contributed by atoms with Crippen LogP contribution in [0, 0.1) is 5.92 Å². The van der Waals surface area contributed by atoms with Crippen molar-refractivity contribution in [3.8, 4) is 5.75 Å². The Morgan fingerprint density at radius 2 is 1.74 bits per heavy atom. The molecule has 0 fully saturated rings. The molecule has 3 rings (SSSR count). The molecule has 0 aliphatic carbocycles. The van der Waals surface area contributed by atoms with Crippen LogP contribution in [0.15, 0.2) is 59.1 Å². The molecular formula is C25H29N3O6. The Morgan fingerprint density at radius 3 is 2.35 bits per heavy atom. The van der Waals surface area contributed by atoms with Crippen LogP contribution < -0.4 is 10.1 Å². The fourth-order valence-electron chi connectivity index (χ4n) is 3.33. The minimum Gasteiger partial charge on any atom is -0.497 e. The van der Waals surface area contributed by atoms with Gasteiger partial charge in [-0.25, -0.2) is 4.79 Å². The van der Waals surface area contributed by atoms with Gasteiger partial charge in [-0.15, -0.1) is 0 Å². The average Bonchev–Trinajstić information content (AvgIpc) is 3.29. The van der Waals surface area contributed by atoms with Crippen molar-refractivity contribution in [3.63, 3.8) is 0 Å². The molecule has 0 aliphatic heterocycles. The number of rotatable bonds is 10. The van der Waals surface area contributed by atoms with Crippen LogP contribution in [0.4, 0.5) is 4.79 Å². The fourth-order valence-corrected chi connectivity index (χ4v) is 3.33. The molecule has 1 unspecified atom stereocenters. The quantitative estimate of drug-likeness (QED) is 0.441. The predicted molar refractivity (Wildman–Crippen MR) is 123 cm³/mol. The molecule has 1 amide bonds. The van der Waals surface area contributed by atoms with Crippen molar-refractivity contribution < 1.29 is 28.3 Å². The summed E-state index contributed by atoms with van der Waals surface area (Å²) < 4.78 is 21.4. The maximum Gasteiger partial charge on any atom is 0.407 e. The lowest BCUT2D eigenvalue weighted by Crippen LogP contribution is -2.44. The second-order valence-electron chi connectivity index (χ2n) is 8.08. The summed E-state index contributed by atoms with van der Waals surface area (Å²) in [4.78, 5) is 28.8. The number of alkyl carbamates (subject to hydrolysis) is 1. The van der Waals surface area contributed by atoms with E-state index in [9.17, 15) is 9.59 Å². The third-order valence-corrected chi connectivity index (χ3v) is 5.09. The van der Waals surface area contributed by atoms with E-state index in [4.69, 9.17) is 18.7 Å². The summed E-state index contributed by atoms with van der Waals surface area (Å²) >= 11 is 0. The van der Waals surface area contributed by atoms with Crippen LogP contribution in [0.5, 0.6) is 5.75 Å². The summed E-state index contributed by atoms with van der Waals surface area (Å²) in [6.45, 7) is 5.17. The lowest BCUT2D eigenvalue weighted by molar-refractivity contribution is -0.149. The van der Waals surface area contributed by atoms with Gasteiger partial charge in [0.25, 0.3) is 0 Å². The maximum atomic E-state index is 12.5. The number of hydrogen-bond donors (Lipinski definition) is 1. The molecule has 9 heteroatoms. The standard InChI is InChI=1S/C25H29N3O6/c1-16(2)22(27-25(30)32-15-19-8-6-5-7-9-19)23(33-17(3)29)24-26-21(34-28-24)14-18-10-12-20(31-4)13-11-18/h5-13,16,22-23H,14-15H2,1-4H3,(H,27,30)/t22-,23?/m0/s1. The Morgan fingerprint density at radius 1 is 1.03 bits per heavy atom. The maximum absolute atomic E-state index is 12.5. The number of nitrogens with zero attached hydrogens (tertiary/aromatic N) is 2. The second kappa shape index (κ2) is 11.8. The number of methoxy groups -OCH3 is 1. The van der Waals surface area contributed by atoms with Crippen LogP contribution in [0.2, 0.25) is 0 Å². The van der Waals surface area contributed by atoms with Crippen LogP contribution in [-0.4, -0.2) is 35.4 Å². The number of amides is 1. The van der Waals surface area contributed by atoms with E-state index in [-0.39, 0.29) is 18.3 Å². The molecule has 0 saturated heterocycles. The van der Waals surface area contributed by atoms with Gasteiger partial charge in [0, 0.05) is 6.92 Å². The third kappa shape index (κ3) is 7.06. The molecule has 3 aromatic rings. The molecule has 2 aromatic carbocycles. The lowest BCUT2D eigenvalue weighted by atomic mass is 9.98. The van der Waals surface area contributed by atoms with Gasteiger partial charge in [-0.1, -0.05) is 61.5 Å². The van der Waals surface area contributed by atoms with Gasteiger partial charge in [0.15, 0.2) is 6.10 Å². The molecule has 9 nitrogen and oxygen atoms in total. The minimum atomic E-state index is -0.949. The molecule has 34 heavy (non-hydrogen) atoms. The summed E-state index contributed by atoms with van der Waals surface area (Å²) in [5.41, 5.74) is 1.81. The number of carbonyl (C=O) groups excluding carboxylic acids is 2. The summed E-state index contributed by atoms with van der Waals surface area (Å²) in [6, 6.07) is 16.2. The Hall–Kier alpha value is -3.88. The molecule has 180 valence electrons. The number of esters is 1. The third-order valence-electron chi connectivity index (χ3n) is 5.09. The lowest BCUT2D eigenvalue weighted by Gasteiger charge is -2.28. The van der Waals surface area contributed by atoms with Gasteiger partial charge in [-0.2, -0.15) is 4.98 Å². The first kappa shape index (κ1) is 24.8. The first-order chi connectivity index (χ1) is 16.4. The van der Waals surface area contributed by atoms with E-state index in [1.54, 1.807) is 7.11 Å². The number of carbonyl (C=O) groups is 2. The predicted octanol–water partition coefficient (Wildman–Crippen LogP) is 4.22. The molecule has 0 bridgehead atoms. The SMILES string of the molecule is COc1ccc(Cc2nc(C(OC(C)=O)[C@@H](NC(=O)OCc3ccccc3)C(C)C)no2)cc1. The van der Waals surface area contributed by atoms with Gasteiger partial charge < -0.3 is 24.1 Å². The van der Waals surface area contributed by atoms with Crippen molar-refractivity contribution in [2.75, 3.05) is 7.11 Å². The van der Waals surface area contributed by atoms with Crippen LogP contribution in [0.3, 0.4) is 0 Å². The van der Waals surface area contributed by atoms with E-state index in [0.717, 1.165) is 16.9 Å². The summed E-state index contributed by atoms with van der Waals surface area (Å²) in [5, 5.41) is 6.81. The summed E-state index contributed by atoms with van der Waals surface area (Å²) in [6.07, 6.45) is -1.19. The van der Waals surface area contributed by atoms with Crippen molar-refractivity contribution in [1.82, 2.24) is 15.5 Å². The van der Waals surface area contributed by atoms with Crippen LogP contribution in [-0.2, 0) is 27.3 Å². The molecule has 2 atom stereocenters. The topological polar surface area (TPSA) is 113 Å². The molecule has 0 saturated carbocycles. The molecular weight excluding hydrogens is 438 g/mol. The average molecular weight is 468 g/mol. The van der Waals surface area contributed by atoms with E-state index >= 15 is 0 Å². The van der Waals surface area contributed by atoms with Crippen molar-refractivity contribution in [1.29, 1.82) is 0 Å². The second-order valence-corrected chi connectivity index (χ2v) is 8.08. The van der Waals surface area contributed by atoms with E-state index < -0.39 is 24.2 Å². The van der Waals surface area contributed by atoms with Crippen molar-refractivity contribution >= 4 is 12.1 Å². The van der Waals surface area contributed by atoms with Crippen LogP contribution in [0.1, 0.15) is 49.7 Å². The monoisotopic (exact) mass is 467 g/mol. The Bertz CT molecular complexity index is 1070. The zero-order chi connectivity index (χ0) is 24.5. The smallest absolute Gasteiger partial charge is 0.407 e. The highest BCUT2D eigenvalue weighted by molar-refractivity contribution is 5.68.